The van der Waals surface area contributed by atoms with Gasteiger partial charge < -0.3 is 80.2 Å². The molecular formula is C52H92CaO20. The van der Waals surface area contributed by atoms with Gasteiger partial charge in [0.25, 0.3) is 0 Å². The second-order valence-electron chi connectivity index (χ2n) is 20.4. The third-order valence-corrected chi connectivity index (χ3v) is 14.2. The van der Waals surface area contributed by atoms with E-state index >= 15 is 0 Å². The summed E-state index contributed by atoms with van der Waals surface area (Å²) in [7, 11) is 0. The molecule has 20 nitrogen and oxygen atoms in total. The summed E-state index contributed by atoms with van der Waals surface area (Å²) < 4.78 is 33.4. The van der Waals surface area contributed by atoms with Crippen molar-refractivity contribution in [2.24, 2.45) is 23.7 Å². The van der Waals surface area contributed by atoms with Crippen molar-refractivity contribution in [1.29, 1.82) is 0 Å². The van der Waals surface area contributed by atoms with Crippen molar-refractivity contribution < 1.29 is 99.4 Å². The third kappa shape index (κ3) is 27.8. The maximum atomic E-state index is 12.1. The van der Waals surface area contributed by atoms with E-state index in [2.05, 4.69) is 0 Å². The van der Waals surface area contributed by atoms with Gasteiger partial charge >= 0.3 is 23.9 Å². The molecule has 0 spiro atoms. The topological polar surface area (TPSA) is 355 Å². The minimum Gasteiger partial charge on any atom is -0.481 e. The summed E-state index contributed by atoms with van der Waals surface area (Å²) in [6.07, 6.45) is 9.23. The Balaban J connectivity index is 0.00000136. The van der Waals surface area contributed by atoms with Crippen molar-refractivity contribution in [3.05, 3.63) is 23.3 Å². The fourth-order valence-electron chi connectivity index (χ4n) is 9.18. The van der Waals surface area contributed by atoms with Gasteiger partial charge in [0.2, 0.25) is 0 Å². The Morgan fingerprint density at radius 3 is 1.15 bits per heavy atom. The van der Waals surface area contributed by atoms with Crippen LogP contribution in [0.3, 0.4) is 0 Å². The Morgan fingerprint density at radius 2 is 0.836 bits per heavy atom. The molecule has 0 amide bonds. The molecule has 21 heteroatoms. The van der Waals surface area contributed by atoms with Gasteiger partial charge in [0.1, 0.15) is 12.2 Å². The maximum Gasteiger partial charge on any atom is 0.330 e. The van der Waals surface area contributed by atoms with Gasteiger partial charge in [-0.3, -0.25) is 9.59 Å². The number of carbonyl (C=O) groups excluding carboxylic acids is 2. The molecule has 422 valence electrons. The molecular weight excluding hydrogens is 985 g/mol. The van der Waals surface area contributed by atoms with Crippen LogP contribution in [0.2, 0.25) is 0 Å². The summed E-state index contributed by atoms with van der Waals surface area (Å²) >= 11 is 0. The van der Waals surface area contributed by atoms with Crippen molar-refractivity contribution in [2.45, 2.75) is 230 Å². The van der Waals surface area contributed by atoms with Crippen molar-refractivity contribution in [3.63, 3.8) is 0 Å². The number of ether oxygens (including phenoxy) is 6. The van der Waals surface area contributed by atoms with E-state index < -0.39 is 72.7 Å². The first-order chi connectivity index (χ1) is 33.2. The molecule has 4 aliphatic heterocycles. The average Bonchev–Trinajstić information content (AvgIpc) is 4.23. The number of unbranched alkanes of at least 4 members (excludes halogenated alkanes) is 10. The van der Waals surface area contributed by atoms with Crippen molar-refractivity contribution in [3.8, 4) is 0 Å². The van der Waals surface area contributed by atoms with Gasteiger partial charge in [-0.1, -0.05) is 76.4 Å². The van der Waals surface area contributed by atoms with Crippen LogP contribution in [-0.2, 0) is 47.6 Å². The third-order valence-electron chi connectivity index (χ3n) is 14.2. The standard InChI is InChI=1S/2C26H44O9.Ca.2H2O/c2*1-16(13-23(30)33-11-9-7-5-4-6-8-10-22(28)29)12-20-25(32)24(31)19(15-34-20)14-21-26(35-21)17(2)18(3)27;;;/h2*13,17-21,24-27,31-32H,4-12,14-15H2,1-3H3,(H,28,29);;2*1H2/t2*17-,18-,19-,20-,21-,24+,25-,26-;;;/m00.../s1. The zero-order chi connectivity index (χ0) is 51.9. The first kappa shape index (κ1) is 71.1. The van der Waals surface area contributed by atoms with Crippen LogP contribution in [0.15, 0.2) is 23.3 Å². The quantitative estimate of drug-likeness (QED) is 0.0158. The van der Waals surface area contributed by atoms with Gasteiger partial charge in [0.15, 0.2) is 0 Å². The van der Waals surface area contributed by atoms with E-state index in [9.17, 15) is 49.8 Å². The zero-order valence-corrected chi connectivity index (χ0v) is 46.5. The number of carbonyl (C=O) groups is 4. The Hall–Kier alpha value is -1.86. The molecule has 0 aromatic rings. The number of aliphatic carboxylic acids is 2. The molecule has 4 aliphatic rings. The predicted molar refractivity (Wildman–Crippen MR) is 270 cm³/mol. The van der Waals surface area contributed by atoms with Crippen molar-refractivity contribution in [1.82, 2.24) is 0 Å². The SMILES string of the molecule is CC(=CC(=O)OCCCCCCCCC(=O)O)C[C@@H]1OC[C@H](C[C@@H]2O[C@H]2[C@@H](C)[C@H](C)O)[C@@H](O)[C@H]1O.CC(=CC(=O)OCCCCCCCCC(=O)O)C[C@@H]1OC[C@H](C[C@@H]2O[C@H]2[C@@H](C)[C@H](C)O)[C@@H](O)[C@H]1O.O.O.[Ca]. The summed E-state index contributed by atoms with van der Waals surface area (Å²) in [5.74, 6) is -2.84. The number of aliphatic hydroxyl groups excluding tert-OH is 6. The Morgan fingerprint density at radius 1 is 0.521 bits per heavy atom. The predicted octanol–water partition coefficient (Wildman–Crippen LogP) is 3.15. The Kier molecular flexibility index (Phi) is 36.9. The summed E-state index contributed by atoms with van der Waals surface area (Å²) in [5, 5.41) is 78.9. The van der Waals surface area contributed by atoms with Gasteiger partial charge in [0.05, 0.1) is 87.5 Å². The van der Waals surface area contributed by atoms with Gasteiger partial charge in [-0.05, 0) is 79.1 Å². The van der Waals surface area contributed by atoms with Crippen LogP contribution in [0.4, 0.5) is 0 Å². The number of epoxide rings is 2. The number of rotatable bonds is 32. The number of esters is 2. The minimum absolute atomic E-state index is 0. The molecule has 0 aliphatic carbocycles. The van der Waals surface area contributed by atoms with Crippen LogP contribution in [0.25, 0.3) is 0 Å². The van der Waals surface area contributed by atoms with E-state index in [1.54, 1.807) is 27.7 Å². The van der Waals surface area contributed by atoms with Crippen LogP contribution in [0.5, 0.6) is 0 Å². The molecule has 4 heterocycles. The Labute approximate surface area is 462 Å². The first-order valence-electron chi connectivity index (χ1n) is 25.9. The number of hydrogen-bond acceptors (Lipinski definition) is 16. The summed E-state index contributed by atoms with van der Waals surface area (Å²) in [4.78, 5) is 45.0. The van der Waals surface area contributed by atoms with Crippen LogP contribution in [-0.4, -0.2) is 213 Å². The Bertz CT molecular complexity index is 1510. The normalized spacial score (nSPS) is 29.3. The molecule has 0 aromatic carbocycles. The molecule has 0 unspecified atom stereocenters. The number of hydrogen-bond donors (Lipinski definition) is 8. The molecule has 16 atom stereocenters. The van der Waals surface area contributed by atoms with E-state index in [0.717, 1.165) is 64.2 Å². The van der Waals surface area contributed by atoms with Crippen molar-refractivity contribution >= 4 is 61.6 Å². The van der Waals surface area contributed by atoms with Gasteiger partial charge in [-0.15, -0.1) is 0 Å². The van der Waals surface area contributed by atoms with E-state index in [4.69, 9.17) is 38.6 Å². The molecule has 0 bridgehead atoms. The summed E-state index contributed by atoms with van der Waals surface area (Å²) in [6.45, 7) is 12.1. The number of carboxylic acid groups (broad SMARTS) is 2. The van der Waals surface area contributed by atoms with Crippen LogP contribution in [0.1, 0.15) is 157 Å². The number of aliphatic hydroxyl groups is 6. The number of carboxylic acids is 2. The monoisotopic (exact) mass is 1080 g/mol. The second kappa shape index (κ2) is 37.8. The molecule has 73 heavy (non-hydrogen) atoms. The second-order valence-corrected chi connectivity index (χ2v) is 20.4. The minimum atomic E-state index is -1.06. The fourth-order valence-corrected chi connectivity index (χ4v) is 9.18. The molecule has 2 radical (unpaired) electrons. The molecule has 4 saturated heterocycles. The van der Waals surface area contributed by atoms with Crippen molar-refractivity contribution in [2.75, 3.05) is 26.4 Å². The largest absolute Gasteiger partial charge is 0.481 e. The first-order valence-corrected chi connectivity index (χ1v) is 25.9. The molecule has 0 saturated carbocycles. The molecule has 12 N–H and O–H groups in total. The average molecular weight is 1080 g/mol. The van der Waals surface area contributed by atoms with Crippen LogP contribution < -0.4 is 0 Å². The van der Waals surface area contributed by atoms with Gasteiger partial charge in [-0.25, -0.2) is 9.59 Å². The van der Waals surface area contributed by atoms with Gasteiger partial charge in [-0.2, -0.15) is 0 Å². The van der Waals surface area contributed by atoms with E-state index in [1.165, 1.54) is 12.2 Å². The van der Waals surface area contributed by atoms with E-state index in [0.29, 0.717) is 76.1 Å². The summed E-state index contributed by atoms with van der Waals surface area (Å²) in [5.41, 5.74) is 1.42. The summed E-state index contributed by atoms with van der Waals surface area (Å²) in [6, 6.07) is 0. The van der Waals surface area contributed by atoms with Crippen LogP contribution in [0, 0.1) is 23.7 Å². The smallest absolute Gasteiger partial charge is 0.330 e. The maximum absolute atomic E-state index is 12.1. The van der Waals surface area contributed by atoms with E-state index in [1.807, 2.05) is 13.8 Å². The fraction of sp³-hybridized carbons (Fsp3) is 0.846. The van der Waals surface area contributed by atoms with Crippen LogP contribution >= 0.6 is 0 Å². The molecule has 0 aromatic heterocycles. The zero-order valence-electron chi connectivity index (χ0n) is 44.3. The molecule has 4 rings (SSSR count). The van der Waals surface area contributed by atoms with Gasteiger partial charge in [0, 0.05) is 86.4 Å². The van der Waals surface area contributed by atoms with E-state index in [-0.39, 0.29) is 110 Å². The molecule has 4 fully saturated rings.